The standard InChI is InChI=1S/C21H35NO/c1-4-7-15-22(16-8-5-2)17-10-9-11-18-23-21-14-12-13-20(6-3)19-21/h6,12-14,19H,3-5,7-11,15-18H2,1-2H3. The van der Waals surface area contributed by atoms with Gasteiger partial charge in [0.25, 0.3) is 0 Å². The van der Waals surface area contributed by atoms with E-state index in [-0.39, 0.29) is 0 Å². The third kappa shape index (κ3) is 9.45. The van der Waals surface area contributed by atoms with Gasteiger partial charge in [-0.25, -0.2) is 0 Å². The van der Waals surface area contributed by atoms with Gasteiger partial charge in [-0.15, -0.1) is 0 Å². The SMILES string of the molecule is C=Cc1cccc(OCCCCCN(CCCC)CCCC)c1. The summed E-state index contributed by atoms with van der Waals surface area (Å²) in [6.45, 7) is 12.9. The van der Waals surface area contributed by atoms with E-state index in [0.717, 1.165) is 24.3 Å². The molecule has 0 unspecified atom stereocenters. The summed E-state index contributed by atoms with van der Waals surface area (Å²) in [6.07, 6.45) is 10.8. The minimum atomic E-state index is 0.810. The Balaban J connectivity index is 2.13. The van der Waals surface area contributed by atoms with Crippen molar-refractivity contribution < 1.29 is 4.74 Å². The van der Waals surface area contributed by atoms with Gasteiger partial charge in [0.15, 0.2) is 0 Å². The lowest BCUT2D eigenvalue weighted by Gasteiger charge is -2.21. The summed E-state index contributed by atoms with van der Waals surface area (Å²) in [4.78, 5) is 2.64. The molecular formula is C21H35NO. The quantitative estimate of drug-likeness (QED) is 0.403. The molecule has 0 aromatic heterocycles. The van der Waals surface area contributed by atoms with Crippen molar-refractivity contribution in [2.24, 2.45) is 0 Å². The Kier molecular flexibility index (Phi) is 11.3. The number of hydrogen-bond donors (Lipinski definition) is 0. The second-order valence-corrected chi connectivity index (χ2v) is 6.23. The largest absolute Gasteiger partial charge is 0.494 e. The molecule has 0 spiro atoms. The maximum Gasteiger partial charge on any atom is 0.119 e. The predicted octanol–water partition coefficient (Wildman–Crippen LogP) is 5.78. The van der Waals surface area contributed by atoms with Crippen LogP contribution >= 0.6 is 0 Å². The molecule has 0 amide bonds. The van der Waals surface area contributed by atoms with E-state index in [2.05, 4.69) is 25.3 Å². The summed E-state index contributed by atoms with van der Waals surface area (Å²) in [5.74, 6) is 0.954. The Labute approximate surface area is 143 Å². The summed E-state index contributed by atoms with van der Waals surface area (Å²) in [6, 6.07) is 8.13. The first kappa shape index (κ1) is 19.8. The van der Waals surface area contributed by atoms with Crippen molar-refractivity contribution in [1.29, 1.82) is 0 Å². The van der Waals surface area contributed by atoms with Gasteiger partial charge in [-0.3, -0.25) is 0 Å². The van der Waals surface area contributed by atoms with Crippen molar-refractivity contribution >= 4 is 6.08 Å². The maximum atomic E-state index is 5.82. The van der Waals surface area contributed by atoms with Crippen LogP contribution in [0.5, 0.6) is 5.75 Å². The van der Waals surface area contributed by atoms with Gasteiger partial charge in [0, 0.05) is 0 Å². The first-order chi connectivity index (χ1) is 11.3. The molecule has 1 rings (SSSR count). The molecule has 0 aliphatic carbocycles. The molecule has 0 atom stereocenters. The smallest absolute Gasteiger partial charge is 0.119 e. The van der Waals surface area contributed by atoms with Crippen molar-refractivity contribution in [2.45, 2.75) is 58.8 Å². The minimum absolute atomic E-state index is 0.810. The Morgan fingerprint density at radius 2 is 1.65 bits per heavy atom. The van der Waals surface area contributed by atoms with Gasteiger partial charge in [0.05, 0.1) is 6.61 Å². The maximum absolute atomic E-state index is 5.82. The highest BCUT2D eigenvalue weighted by molar-refractivity contribution is 5.49. The first-order valence-corrected chi connectivity index (χ1v) is 9.37. The Morgan fingerprint density at radius 3 is 2.30 bits per heavy atom. The second-order valence-electron chi connectivity index (χ2n) is 6.23. The second kappa shape index (κ2) is 13.2. The summed E-state index contributed by atoms with van der Waals surface area (Å²) < 4.78 is 5.82. The monoisotopic (exact) mass is 317 g/mol. The lowest BCUT2D eigenvalue weighted by Crippen LogP contribution is -2.27. The van der Waals surface area contributed by atoms with E-state index in [1.54, 1.807) is 0 Å². The molecule has 2 nitrogen and oxygen atoms in total. The van der Waals surface area contributed by atoms with E-state index in [1.165, 1.54) is 58.2 Å². The third-order valence-electron chi connectivity index (χ3n) is 4.14. The molecular weight excluding hydrogens is 282 g/mol. The van der Waals surface area contributed by atoms with E-state index in [1.807, 2.05) is 30.3 Å². The zero-order valence-corrected chi connectivity index (χ0v) is 15.2. The van der Waals surface area contributed by atoms with Crippen LogP contribution < -0.4 is 4.74 Å². The number of nitrogens with zero attached hydrogens (tertiary/aromatic N) is 1. The summed E-state index contributed by atoms with van der Waals surface area (Å²) >= 11 is 0. The molecule has 0 N–H and O–H groups in total. The number of benzene rings is 1. The zero-order valence-electron chi connectivity index (χ0n) is 15.2. The topological polar surface area (TPSA) is 12.5 Å². The number of rotatable bonds is 14. The molecule has 0 fully saturated rings. The van der Waals surface area contributed by atoms with Crippen LogP contribution in [0.25, 0.3) is 6.08 Å². The van der Waals surface area contributed by atoms with Crippen LogP contribution in [-0.4, -0.2) is 31.1 Å². The van der Waals surface area contributed by atoms with Crippen LogP contribution in [0.4, 0.5) is 0 Å². The van der Waals surface area contributed by atoms with Crippen LogP contribution in [-0.2, 0) is 0 Å². The highest BCUT2D eigenvalue weighted by Crippen LogP contribution is 2.14. The van der Waals surface area contributed by atoms with E-state index >= 15 is 0 Å². The van der Waals surface area contributed by atoms with Crippen molar-refractivity contribution in [3.63, 3.8) is 0 Å². The molecule has 0 aliphatic heterocycles. The molecule has 0 aliphatic rings. The van der Waals surface area contributed by atoms with Gasteiger partial charge >= 0.3 is 0 Å². The molecule has 0 saturated heterocycles. The van der Waals surface area contributed by atoms with Gasteiger partial charge in [-0.05, 0) is 69.4 Å². The van der Waals surface area contributed by atoms with E-state index in [0.29, 0.717) is 0 Å². The van der Waals surface area contributed by atoms with Gasteiger partial charge in [0.2, 0.25) is 0 Å². The third-order valence-corrected chi connectivity index (χ3v) is 4.14. The molecule has 130 valence electrons. The Hall–Kier alpha value is -1.28. The van der Waals surface area contributed by atoms with Crippen LogP contribution in [0.2, 0.25) is 0 Å². The number of hydrogen-bond acceptors (Lipinski definition) is 2. The fraction of sp³-hybridized carbons (Fsp3) is 0.619. The van der Waals surface area contributed by atoms with Crippen LogP contribution in [0.3, 0.4) is 0 Å². The molecule has 0 saturated carbocycles. The minimum Gasteiger partial charge on any atom is -0.494 e. The van der Waals surface area contributed by atoms with Crippen LogP contribution in [0, 0.1) is 0 Å². The molecule has 0 bridgehead atoms. The van der Waals surface area contributed by atoms with Crippen molar-refractivity contribution in [3.05, 3.63) is 36.4 Å². The fourth-order valence-corrected chi connectivity index (χ4v) is 2.63. The van der Waals surface area contributed by atoms with E-state index in [4.69, 9.17) is 4.74 Å². The Morgan fingerprint density at radius 1 is 0.957 bits per heavy atom. The molecule has 0 radical (unpaired) electrons. The molecule has 2 heteroatoms. The van der Waals surface area contributed by atoms with Gasteiger partial charge in [-0.1, -0.05) is 51.5 Å². The van der Waals surface area contributed by atoms with Crippen LogP contribution in [0.15, 0.2) is 30.8 Å². The highest BCUT2D eigenvalue weighted by Gasteiger charge is 2.03. The van der Waals surface area contributed by atoms with Crippen molar-refractivity contribution in [3.8, 4) is 5.75 Å². The highest BCUT2D eigenvalue weighted by atomic mass is 16.5. The Bertz CT molecular complexity index is 408. The first-order valence-electron chi connectivity index (χ1n) is 9.37. The summed E-state index contributed by atoms with van der Waals surface area (Å²) in [5.41, 5.74) is 1.12. The van der Waals surface area contributed by atoms with Crippen LogP contribution in [0.1, 0.15) is 64.4 Å². The predicted molar refractivity (Wildman–Crippen MR) is 102 cm³/mol. The summed E-state index contributed by atoms with van der Waals surface area (Å²) in [5, 5.41) is 0. The average Bonchev–Trinajstić information content (AvgIpc) is 2.59. The normalized spacial score (nSPS) is 10.9. The lowest BCUT2D eigenvalue weighted by atomic mass is 10.2. The number of ether oxygens (including phenoxy) is 1. The van der Waals surface area contributed by atoms with E-state index < -0.39 is 0 Å². The van der Waals surface area contributed by atoms with E-state index in [9.17, 15) is 0 Å². The van der Waals surface area contributed by atoms with Gasteiger partial charge in [0.1, 0.15) is 5.75 Å². The fourth-order valence-electron chi connectivity index (χ4n) is 2.63. The summed E-state index contributed by atoms with van der Waals surface area (Å²) in [7, 11) is 0. The number of unbranched alkanes of at least 4 members (excludes halogenated alkanes) is 4. The molecule has 0 heterocycles. The molecule has 23 heavy (non-hydrogen) atoms. The average molecular weight is 318 g/mol. The van der Waals surface area contributed by atoms with Gasteiger partial charge < -0.3 is 9.64 Å². The van der Waals surface area contributed by atoms with Crippen molar-refractivity contribution in [1.82, 2.24) is 4.90 Å². The zero-order chi connectivity index (χ0) is 16.8. The molecule has 1 aromatic carbocycles. The lowest BCUT2D eigenvalue weighted by molar-refractivity contribution is 0.252. The van der Waals surface area contributed by atoms with Crippen molar-refractivity contribution in [2.75, 3.05) is 26.2 Å². The molecule has 1 aromatic rings. The van der Waals surface area contributed by atoms with Gasteiger partial charge in [-0.2, -0.15) is 0 Å².